The zero-order valence-electron chi connectivity index (χ0n) is 10.9. The van der Waals surface area contributed by atoms with Gasteiger partial charge in [-0.2, -0.15) is 0 Å². The Bertz CT molecular complexity index is 789. The lowest BCUT2D eigenvalue weighted by Gasteiger charge is -2.12. The van der Waals surface area contributed by atoms with Gasteiger partial charge in [-0.15, -0.1) is 0 Å². The van der Waals surface area contributed by atoms with Crippen LogP contribution < -0.4 is 5.32 Å². The van der Waals surface area contributed by atoms with E-state index in [1.165, 1.54) is 18.7 Å². The number of nitrogens with one attached hydrogen (secondary N) is 1. The van der Waals surface area contributed by atoms with Gasteiger partial charge in [-0.25, -0.2) is 9.18 Å². The first-order valence-electron chi connectivity index (χ1n) is 6.13. The summed E-state index contributed by atoms with van der Waals surface area (Å²) in [5.41, 5.74) is 0.261. The van der Waals surface area contributed by atoms with Crippen molar-refractivity contribution in [3.63, 3.8) is 0 Å². The van der Waals surface area contributed by atoms with E-state index in [-0.39, 0.29) is 5.69 Å². The van der Waals surface area contributed by atoms with Crippen molar-refractivity contribution in [1.82, 2.24) is 0 Å². The molecule has 0 bridgehead atoms. The van der Waals surface area contributed by atoms with Gasteiger partial charge in [0.05, 0.1) is 11.3 Å². The lowest BCUT2D eigenvalue weighted by atomic mass is 10.1. The highest BCUT2D eigenvalue weighted by atomic mass is 32.2. The first kappa shape index (κ1) is 13.6. The number of aromatic carboxylic acids is 1. The number of anilines is 1. The highest BCUT2D eigenvalue weighted by Gasteiger charge is 2.26. The van der Waals surface area contributed by atoms with Gasteiger partial charge in [-0.05, 0) is 30.7 Å². The van der Waals surface area contributed by atoms with Gasteiger partial charge in [0.25, 0.3) is 5.91 Å². The predicted molar refractivity (Wildman–Crippen MR) is 76.6 cm³/mol. The largest absolute Gasteiger partial charge is 0.478 e. The molecule has 0 spiro atoms. The monoisotopic (exact) mass is 303 g/mol. The molecule has 1 aliphatic heterocycles. The van der Waals surface area contributed by atoms with Gasteiger partial charge in [0, 0.05) is 9.79 Å². The van der Waals surface area contributed by atoms with Gasteiger partial charge >= 0.3 is 5.97 Å². The van der Waals surface area contributed by atoms with Crippen LogP contribution >= 0.6 is 11.8 Å². The molecule has 2 aromatic rings. The minimum atomic E-state index is -1.35. The van der Waals surface area contributed by atoms with Crippen LogP contribution in [0.4, 0.5) is 10.1 Å². The molecule has 0 radical (unpaired) electrons. The number of carboxylic acid groups (broad SMARTS) is 1. The van der Waals surface area contributed by atoms with Gasteiger partial charge in [-0.1, -0.05) is 23.9 Å². The molecule has 0 fully saturated rings. The molecular weight excluding hydrogens is 293 g/mol. The average Bonchev–Trinajstić information content (AvgIpc) is 2.56. The Morgan fingerprint density at radius 3 is 2.71 bits per heavy atom. The van der Waals surface area contributed by atoms with Crippen molar-refractivity contribution >= 4 is 29.3 Å². The molecular formula is C15H10FNO3S. The summed E-state index contributed by atoms with van der Waals surface area (Å²) >= 11 is 1.24. The Morgan fingerprint density at radius 2 is 2.00 bits per heavy atom. The second-order valence-corrected chi connectivity index (χ2v) is 5.70. The van der Waals surface area contributed by atoms with Crippen molar-refractivity contribution in [3.8, 4) is 0 Å². The molecule has 0 unspecified atom stereocenters. The highest BCUT2D eigenvalue weighted by molar-refractivity contribution is 7.99. The fraction of sp³-hybridized carbons (Fsp3) is 0.0667. The Balaban J connectivity index is 2.24. The molecule has 3 rings (SSSR count). The van der Waals surface area contributed by atoms with Crippen LogP contribution in [0.15, 0.2) is 40.1 Å². The number of benzene rings is 2. The molecule has 0 saturated carbocycles. The molecule has 2 aromatic carbocycles. The average molecular weight is 303 g/mol. The number of amides is 1. The number of carboxylic acids is 1. The first-order valence-corrected chi connectivity index (χ1v) is 6.95. The minimum Gasteiger partial charge on any atom is -0.478 e. The molecule has 106 valence electrons. The zero-order valence-corrected chi connectivity index (χ0v) is 11.8. The van der Waals surface area contributed by atoms with Crippen LogP contribution in [0.5, 0.6) is 0 Å². The van der Waals surface area contributed by atoms with Crippen LogP contribution in [-0.4, -0.2) is 17.0 Å². The minimum absolute atomic E-state index is 0.0794. The van der Waals surface area contributed by atoms with E-state index in [0.29, 0.717) is 20.9 Å². The molecule has 0 saturated heterocycles. The van der Waals surface area contributed by atoms with E-state index >= 15 is 0 Å². The number of halogens is 1. The fourth-order valence-corrected chi connectivity index (χ4v) is 3.38. The van der Waals surface area contributed by atoms with E-state index in [4.69, 9.17) is 5.11 Å². The lowest BCUT2D eigenvalue weighted by Crippen LogP contribution is -2.15. The third kappa shape index (κ3) is 2.17. The predicted octanol–water partition coefficient (Wildman–Crippen LogP) is 3.55. The second-order valence-electron chi connectivity index (χ2n) is 4.61. The maximum Gasteiger partial charge on any atom is 0.339 e. The summed E-state index contributed by atoms with van der Waals surface area (Å²) in [5.74, 6) is -2.71. The summed E-state index contributed by atoms with van der Waals surface area (Å²) in [6.45, 7) is 1.53. The highest BCUT2D eigenvalue weighted by Crippen LogP contribution is 2.41. The molecule has 0 atom stereocenters. The standard InChI is InChI=1S/C15H10FNO3S/c1-7-6-10-13(12(16)11(7)15(19)20)17-14(18)8-4-2-3-5-9(8)21-10/h2-6H,1H3,(H,17,18)(H,19,20). The second kappa shape index (κ2) is 4.89. The van der Waals surface area contributed by atoms with E-state index in [1.54, 1.807) is 30.3 Å². The molecule has 4 nitrogen and oxygen atoms in total. The quantitative estimate of drug-likeness (QED) is 0.845. The maximum absolute atomic E-state index is 14.4. The van der Waals surface area contributed by atoms with E-state index in [1.807, 2.05) is 0 Å². The smallest absolute Gasteiger partial charge is 0.339 e. The molecule has 21 heavy (non-hydrogen) atoms. The molecule has 1 heterocycles. The summed E-state index contributed by atoms with van der Waals surface area (Å²) in [5, 5.41) is 11.6. The van der Waals surface area contributed by atoms with Crippen LogP contribution in [0.1, 0.15) is 26.3 Å². The Morgan fingerprint density at radius 1 is 1.29 bits per heavy atom. The zero-order chi connectivity index (χ0) is 15.1. The Hall–Kier alpha value is -2.34. The van der Waals surface area contributed by atoms with E-state index in [9.17, 15) is 14.0 Å². The number of rotatable bonds is 1. The van der Waals surface area contributed by atoms with Crippen LogP contribution in [0.3, 0.4) is 0 Å². The van der Waals surface area contributed by atoms with Gasteiger partial charge in [-0.3, -0.25) is 4.79 Å². The van der Waals surface area contributed by atoms with Crippen molar-refractivity contribution in [2.45, 2.75) is 16.7 Å². The van der Waals surface area contributed by atoms with Gasteiger partial charge < -0.3 is 10.4 Å². The Labute approximate surface area is 124 Å². The maximum atomic E-state index is 14.4. The number of carbonyl (C=O) groups is 2. The van der Waals surface area contributed by atoms with Crippen molar-refractivity contribution < 1.29 is 19.1 Å². The van der Waals surface area contributed by atoms with E-state index < -0.39 is 23.3 Å². The molecule has 1 aliphatic rings. The number of fused-ring (bicyclic) bond motifs is 2. The van der Waals surface area contributed by atoms with Crippen LogP contribution in [-0.2, 0) is 0 Å². The summed E-state index contributed by atoms with van der Waals surface area (Å²) in [7, 11) is 0. The van der Waals surface area contributed by atoms with Gasteiger partial charge in [0.1, 0.15) is 5.56 Å². The van der Waals surface area contributed by atoms with Gasteiger partial charge in [0.2, 0.25) is 0 Å². The van der Waals surface area contributed by atoms with Crippen LogP contribution in [0.2, 0.25) is 0 Å². The van der Waals surface area contributed by atoms with Crippen molar-refractivity contribution in [2.75, 3.05) is 5.32 Å². The van der Waals surface area contributed by atoms with Gasteiger partial charge in [0.15, 0.2) is 5.82 Å². The Kier molecular flexibility index (Phi) is 3.17. The topological polar surface area (TPSA) is 66.4 Å². The van der Waals surface area contributed by atoms with Crippen molar-refractivity contribution in [1.29, 1.82) is 0 Å². The summed E-state index contributed by atoms with van der Waals surface area (Å²) in [6.07, 6.45) is 0. The van der Waals surface area contributed by atoms with Crippen LogP contribution in [0.25, 0.3) is 0 Å². The first-order chi connectivity index (χ1) is 9.99. The third-order valence-corrected chi connectivity index (χ3v) is 4.35. The number of hydrogen-bond donors (Lipinski definition) is 2. The van der Waals surface area contributed by atoms with Crippen molar-refractivity contribution in [3.05, 3.63) is 52.8 Å². The molecule has 6 heteroatoms. The van der Waals surface area contributed by atoms with Crippen LogP contribution in [0, 0.1) is 12.7 Å². The lowest BCUT2D eigenvalue weighted by molar-refractivity contribution is 0.0690. The molecule has 0 aliphatic carbocycles. The summed E-state index contributed by atoms with van der Waals surface area (Å²) < 4.78 is 14.4. The summed E-state index contributed by atoms with van der Waals surface area (Å²) in [4.78, 5) is 24.5. The number of carbonyl (C=O) groups excluding carboxylic acids is 1. The molecule has 1 amide bonds. The van der Waals surface area contributed by atoms with E-state index in [2.05, 4.69) is 5.32 Å². The molecule has 2 N–H and O–H groups in total. The third-order valence-electron chi connectivity index (χ3n) is 3.23. The number of hydrogen-bond acceptors (Lipinski definition) is 3. The SMILES string of the molecule is Cc1cc2c(c(F)c1C(=O)O)NC(=O)c1ccccc1S2. The fourth-order valence-electron chi connectivity index (χ4n) is 2.25. The normalized spacial score (nSPS) is 13.0. The van der Waals surface area contributed by atoms with Crippen molar-refractivity contribution in [2.24, 2.45) is 0 Å². The van der Waals surface area contributed by atoms with E-state index in [0.717, 1.165) is 0 Å². The number of aryl methyl sites for hydroxylation is 1. The summed E-state index contributed by atoms with van der Waals surface area (Å²) in [6, 6.07) is 8.51. The molecule has 0 aromatic heterocycles.